The number of alkyl halides is 3. The van der Waals surface area contributed by atoms with Crippen molar-refractivity contribution in [3.8, 4) is 0 Å². The molecule has 0 saturated carbocycles. The lowest BCUT2D eigenvalue weighted by atomic mass is 10.1. The minimum Gasteiger partial charge on any atom is -0.376 e. The minimum atomic E-state index is -4.61. The topological polar surface area (TPSA) is 70.2 Å². The Balaban J connectivity index is 2.04. The summed E-state index contributed by atoms with van der Waals surface area (Å²) in [6.07, 6.45) is -4.61. The van der Waals surface area contributed by atoms with Crippen molar-refractivity contribution in [2.45, 2.75) is 20.0 Å². The lowest BCUT2D eigenvalue weighted by Crippen LogP contribution is -2.22. The van der Waals surface area contributed by atoms with Gasteiger partial charge in [0.15, 0.2) is 0 Å². The van der Waals surface area contributed by atoms with E-state index in [0.29, 0.717) is 11.4 Å². The fourth-order valence-corrected chi connectivity index (χ4v) is 2.52. The van der Waals surface area contributed by atoms with E-state index >= 15 is 0 Å². The molecule has 0 radical (unpaired) electrons. The molecular formula is C18H17ClF3N3O2. The maximum atomic E-state index is 12.9. The van der Waals surface area contributed by atoms with Crippen molar-refractivity contribution in [3.05, 3.63) is 52.5 Å². The number of hydrogen-bond donors (Lipinski definition) is 3. The molecule has 0 aliphatic heterocycles. The van der Waals surface area contributed by atoms with Crippen LogP contribution in [0.15, 0.2) is 36.4 Å². The summed E-state index contributed by atoms with van der Waals surface area (Å²) in [5.74, 6) is -0.763. The van der Waals surface area contributed by atoms with Crippen LogP contribution in [0.25, 0.3) is 0 Å². The number of halogens is 4. The molecule has 2 aromatic carbocycles. The van der Waals surface area contributed by atoms with Gasteiger partial charge in [-0.1, -0.05) is 17.7 Å². The monoisotopic (exact) mass is 399 g/mol. The molecule has 0 unspecified atom stereocenters. The van der Waals surface area contributed by atoms with Crippen LogP contribution in [0.1, 0.15) is 18.1 Å². The van der Waals surface area contributed by atoms with Crippen molar-refractivity contribution in [2.24, 2.45) is 0 Å². The van der Waals surface area contributed by atoms with E-state index in [1.54, 1.807) is 18.2 Å². The normalized spacial score (nSPS) is 11.0. The molecule has 2 rings (SSSR count). The average Bonchev–Trinajstić information content (AvgIpc) is 2.55. The Morgan fingerprint density at radius 1 is 1.04 bits per heavy atom. The second-order valence-corrected chi connectivity index (χ2v) is 6.21. The number of anilines is 3. The highest BCUT2D eigenvalue weighted by atomic mass is 35.5. The predicted molar refractivity (Wildman–Crippen MR) is 99.1 cm³/mol. The van der Waals surface area contributed by atoms with Gasteiger partial charge in [-0.15, -0.1) is 0 Å². The van der Waals surface area contributed by atoms with Crippen LogP contribution < -0.4 is 16.0 Å². The summed E-state index contributed by atoms with van der Waals surface area (Å²) in [5.41, 5.74) is 0.978. The van der Waals surface area contributed by atoms with Crippen LogP contribution >= 0.6 is 11.6 Å². The zero-order valence-electron chi connectivity index (χ0n) is 14.5. The summed E-state index contributed by atoms with van der Waals surface area (Å²) in [7, 11) is 0. The van der Waals surface area contributed by atoms with Crippen LogP contribution in [0.4, 0.5) is 30.2 Å². The van der Waals surface area contributed by atoms with Crippen molar-refractivity contribution in [1.82, 2.24) is 0 Å². The molecule has 0 saturated heterocycles. The molecule has 27 heavy (non-hydrogen) atoms. The summed E-state index contributed by atoms with van der Waals surface area (Å²) in [6.45, 7) is 3.02. The standard InChI is InChI=1S/C18H17ClF3N3O2/c1-10-3-4-13(24-11(2)26)8-16(10)23-9-17(27)25-12-5-6-15(19)14(7-12)18(20,21)22/h3-8,23H,9H2,1-2H3,(H,24,26)(H,25,27). The number of aryl methyl sites for hydroxylation is 1. The van der Waals surface area contributed by atoms with E-state index in [9.17, 15) is 22.8 Å². The molecule has 0 fully saturated rings. The van der Waals surface area contributed by atoms with E-state index in [4.69, 9.17) is 11.6 Å². The lowest BCUT2D eigenvalue weighted by Gasteiger charge is -2.13. The maximum Gasteiger partial charge on any atom is 0.417 e. The molecular weight excluding hydrogens is 383 g/mol. The average molecular weight is 400 g/mol. The number of nitrogens with one attached hydrogen (secondary N) is 3. The van der Waals surface area contributed by atoms with Gasteiger partial charge in [0.1, 0.15) is 0 Å². The summed E-state index contributed by atoms with van der Waals surface area (Å²) in [6, 6.07) is 8.29. The summed E-state index contributed by atoms with van der Waals surface area (Å²) >= 11 is 5.55. The molecule has 0 bridgehead atoms. The van der Waals surface area contributed by atoms with Gasteiger partial charge in [-0.05, 0) is 42.8 Å². The van der Waals surface area contributed by atoms with Gasteiger partial charge in [0.05, 0.1) is 17.1 Å². The number of benzene rings is 2. The van der Waals surface area contributed by atoms with Crippen molar-refractivity contribution in [1.29, 1.82) is 0 Å². The van der Waals surface area contributed by atoms with Gasteiger partial charge in [-0.2, -0.15) is 13.2 Å². The molecule has 0 spiro atoms. The summed E-state index contributed by atoms with van der Waals surface area (Å²) in [5, 5.41) is 7.47. The third-order valence-corrected chi connectivity index (χ3v) is 3.88. The Labute approximate surface area is 158 Å². The van der Waals surface area contributed by atoms with Gasteiger partial charge in [0, 0.05) is 24.0 Å². The zero-order valence-corrected chi connectivity index (χ0v) is 15.3. The molecule has 0 aliphatic rings. The molecule has 144 valence electrons. The third-order valence-electron chi connectivity index (χ3n) is 3.55. The molecule has 3 N–H and O–H groups in total. The number of carbonyl (C=O) groups is 2. The quantitative estimate of drug-likeness (QED) is 0.684. The Bertz CT molecular complexity index is 869. The van der Waals surface area contributed by atoms with Gasteiger partial charge >= 0.3 is 6.18 Å². The van der Waals surface area contributed by atoms with Crippen LogP contribution in [-0.4, -0.2) is 18.4 Å². The first-order valence-corrected chi connectivity index (χ1v) is 8.23. The highest BCUT2D eigenvalue weighted by molar-refractivity contribution is 6.31. The van der Waals surface area contributed by atoms with Crippen molar-refractivity contribution in [2.75, 3.05) is 22.5 Å². The van der Waals surface area contributed by atoms with E-state index in [2.05, 4.69) is 16.0 Å². The lowest BCUT2D eigenvalue weighted by molar-refractivity contribution is -0.137. The second kappa shape index (κ2) is 8.30. The van der Waals surface area contributed by atoms with Gasteiger partial charge < -0.3 is 16.0 Å². The number of carbonyl (C=O) groups excluding carboxylic acids is 2. The Hall–Kier alpha value is -2.74. The van der Waals surface area contributed by atoms with Gasteiger partial charge in [0.25, 0.3) is 0 Å². The van der Waals surface area contributed by atoms with Crippen molar-refractivity contribution >= 4 is 40.5 Å². The van der Waals surface area contributed by atoms with Crippen LogP contribution in [0.2, 0.25) is 5.02 Å². The Kier molecular flexibility index (Phi) is 6.32. The minimum absolute atomic E-state index is 0.0118. The van der Waals surface area contributed by atoms with Gasteiger partial charge in [-0.25, -0.2) is 0 Å². The van der Waals surface area contributed by atoms with Crippen LogP contribution in [0.5, 0.6) is 0 Å². The number of rotatable bonds is 5. The number of hydrogen-bond acceptors (Lipinski definition) is 3. The first-order chi connectivity index (χ1) is 12.6. The molecule has 0 heterocycles. The predicted octanol–water partition coefficient (Wildman–Crippen LogP) is 4.68. The molecule has 2 aromatic rings. The number of amides is 2. The van der Waals surface area contributed by atoms with Crippen molar-refractivity contribution in [3.63, 3.8) is 0 Å². The van der Waals surface area contributed by atoms with Gasteiger partial charge in [-0.3, -0.25) is 9.59 Å². The van der Waals surface area contributed by atoms with E-state index in [0.717, 1.165) is 17.7 Å². The molecule has 0 aromatic heterocycles. The smallest absolute Gasteiger partial charge is 0.376 e. The van der Waals surface area contributed by atoms with Crippen LogP contribution in [-0.2, 0) is 15.8 Å². The van der Waals surface area contributed by atoms with Crippen LogP contribution in [0.3, 0.4) is 0 Å². The Morgan fingerprint density at radius 3 is 2.30 bits per heavy atom. The second-order valence-electron chi connectivity index (χ2n) is 5.81. The van der Waals surface area contributed by atoms with Crippen molar-refractivity contribution < 1.29 is 22.8 Å². The first-order valence-electron chi connectivity index (χ1n) is 7.85. The highest BCUT2D eigenvalue weighted by Gasteiger charge is 2.33. The fraction of sp³-hybridized carbons (Fsp3) is 0.222. The molecule has 9 heteroatoms. The van der Waals surface area contributed by atoms with Gasteiger partial charge in [0.2, 0.25) is 11.8 Å². The molecule has 0 atom stereocenters. The molecule has 2 amide bonds. The summed E-state index contributed by atoms with van der Waals surface area (Å²) < 4.78 is 38.6. The van der Waals surface area contributed by atoms with E-state index in [-0.39, 0.29) is 18.1 Å². The SMILES string of the molecule is CC(=O)Nc1ccc(C)c(NCC(=O)Nc2ccc(Cl)c(C(F)(F)F)c2)c1. The summed E-state index contributed by atoms with van der Waals surface area (Å²) in [4.78, 5) is 23.2. The van der Waals surface area contributed by atoms with E-state index in [1.807, 2.05) is 6.92 Å². The first kappa shape index (κ1) is 20.6. The van der Waals surface area contributed by atoms with E-state index in [1.165, 1.54) is 13.0 Å². The molecule has 0 aliphatic carbocycles. The Morgan fingerprint density at radius 2 is 1.67 bits per heavy atom. The highest BCUT2D eigenvalue weighted by Crippen LogP contribution is 2.36. The zero-order chi connectivity index (χ0) is 20.2. The largest absolute Gasteiger partial charge is 0.417 e. The molecule has 5 nitrogen and oxygen atoms in total. The van der Waals surface area contributed by atoms with E-state index < -0.39 is 22.7 Å². The van der Waals surface area contributed by atoms with Crippen LogP contribution in [0, 0.1) is 6.92 Å². The third kappa shape index (κ3) is 5.89. The maximum absolute atomic E-state index is 12.9. The fourth-order valence-electron chi connectivity index (χ4n) is 2.29.